The Morgan fingerprint density at radius 3 is 2.62 bits per heavy atom. The van der Waals surface area contributed by atoms with E-state index >= 15 is 0 Å². The molecule has 0 aliphatic carbocycles. The number of nitrogens with zero attached hydrogens (tertiary/aromatic N) is 1. The summed E-state index contributed by atoms with van der Waals surface area (Å²) in [6, 6.07) is 10.3. The van der Waals surface area contributed by atoms with Crippen LogP contribution in [0.15, 0.2) is 42.6 Å². The van der Waals surface area contributed by atoms with Crippen molar-refractivity contribution >= 4 is 11.7 Å². The molecule has 5 heteroatoms. The van der Waals surface area contributed by atoms with Crippen LogP contribution in [-0.2, 0) is 6.61 Å². The van der Waals surface area contributed by atoms with Gasteiger partial charge in [-0.3, -0.25) is 4.79 Å². The number of aliphatic hydroxyl groups excluding tert-OH is 1. The Morgan fingerprint density at radius 2 is 2.00 bits per heavy atom. The van der Waals surface area contributed by atoms with E-state index in [4.69, 9.17) is 4.74 Å². The topological polar surface area (TPSA) is 71.5 Å². The lowest BCUT2D eigenvalue weighted by Gasteiger charge is -2.11. The molecule has 0 aliphatic heterocycles. The van der Waals surface area contributed by atoms with Crippen molar-refractivity contribution in [3.05, 3.63) is 53.7 Å². The molecule has 0 spiro atoms. The van der Waals surface area contributed by atoms with Gasteiger partial charge >= 0.3 is 0 Å². The predicted molar refractivity (Wildman–Crippen MR) is 80.3 cm³/mol. The Labute approximate surface area is 123 Å². The number of hydrogen-bond acceptors (Lipinski definition) is 4. The minimum Gasteiger partial charge on any atom is -0.491 e. The van der Waals surface area contributed by atoms with E-state index in [9.17, 15) is 9.90 Å². The number of rotatable bonds is 5. The third-order valence-corrected chi connectivity index (χ3v) is 2.78. The number of aromatic nitrogens is 1. The van der Waals surface area contributed by atoms with Crippen molar-refractivity contribution in [2.45, 2.75) is 26.6 Å². The van der Waals surface area contributed by atoms with Crippen molar-refractivity contribution in [2.24, 2.45) is 0 Å². The Kier molecular flexibility index (Phi) is 4.90. The molecule has 110 valence electrons. The molecule has 0 bridgehead atoms. The van der Waals surface area contributed by atoms with Gasteiger partial charge in [-0.2, -0.15) is 0 Å². The zero-order chi connectivity index (χ0) is 15.2. The van der Waals surface area contributed by atoms with E-state index in [0.29, 0.717) is 16.9 Å². The van der Waals surface area contributed by atoms with E-state index in [-0.39, 0.29) is 18.6 Å². The molecule has 1 aromatic carbocycles. The molecule has 5 nitrogen and oxygen atoms in total. The summed E-state index contributed by atoms with van der Waals surface area (Å²) in [6.45, 7) is 3.71. The van der Waals surface area contributed by atoms with Gasteiger partial charge < -0.3 is 15.2 Å². The molecule has 0 unspecified atom stereocenters. The molecule has 0 radical (unpaired) electrons. The van der Waals surface area contributed by atoms with Crippen molar-refractivity contribution in [1.82, 2.24) is 4.98 Å². The van der Waals surface area contributed by atoms with Crippen LogP contribution in [0.1, 0.15) is 29.8 Å². The van der Waals surface area contributed by atoms with Gasteiger partial charge in [-0.25, -0.2) is 4.98 Å². The summed E-state index contributed by atoms with van der Waals surface area (Å²) in [5.41, 5.74) is 1.08. The molecule has 0 fully saturated rings. The van der Waals surface area contributed by atoms with Crippen LogP contribution >= 0.6 is 0 Å². The summed E-state index contributed by atoms with van der Waals surface area (Å²) in [5, 5.41) is 11.9. The number of benzene rings is 1. The standard InChI is InChI=1S/C16H18N2O3/c1-11(2)21-14-7-5-12(6-8-14)16(20)18-15-13(10-19)4-3-9-17-15/h3-9,11,19H,10H2,1-2H3,(H,17,18,20). The van der Waals surface area contributed by atoms with Gasteiger partial charge in [0.05, 0.1) is 12.7 Å². The van der Waals surface area contributed by atoms with E-state index in [1.165, 1.54) is 0 Å². The van der Waals surface area contributed by atoms with Crippen LogP contribution in [0.2, 0.25) is 0 Å². The SMILES string of the molecule is CC(C)Oc1ccc(C(=O)Nc2ncccc2CO)cc1. The maximum Gasteiger partial charge on any atom is 0.256 e. The normalized spacial score (nSPS) is 10.5. The molecule has 0 aliphatic rings. The maximum absolute atomic E-state index is 12.1. The highest BCUT2D eigenvalue weighted by Crippen LogP contribution is 2.16. The van der Waals surface area contributed by atoms with Gasteiger partial charge in [0.15, 0.2) is 0 Å². The van der Waals surface area contributed by atoms with Crippen molar-refractivity contribution in [3.63, 3.8) is 0 Å². The summed E-state index contributed by atoms with van der Waals surface area (Å²) in [6.07, 6.45) is 1.65. The molecule has 1 heterocycles. The monoisotopic (exact) mass is 286 g/mol. The van der Waals surface area contributed by atoms with Gasteiger partial charge in [0.25, 0.3) is 5.91 Å². The minimum absolute atomic E-state index is 0.0882. The minimum atomic E-state index is -0.278. The van der Waals surface area contributed by atoms with Gasteiger partial charge in [0.2, 0.25) is 0 Å². The Hall–Kier alpha value is -2.40. The number of ether oxygens (including phenoxy) is 1. The van der Waals surface area contributed by atoms with Crippen molar-refractivity contribution < 1.29 is 14.6 Å². The van der Waals surface area contributed by atoms with Crippen LogP contribution < -0.4 is 10.1 Å². The highest BCUT2D eigenvalue weighted by atomic mass is 16.5. The van der Waals surface area contributed by atoms with Crippen molar-refractivity contribution in [3.8, 4) is 5.75 Å². The average molecular weight is 286 g/mol. The van der Waals surface area contributed by atoms with Gasteiger partial charge in [-0.1, -0.05) is 6.07 Å². The van der Waals surface area contributed by atoms with Crippen LogP contribution in [0.4, 0.5) is 5.82 Å². The zero-order valence-corrected chi connectivity index (χ0v) is 12.0. The molecule has 0 atom stereocenters. The molecule has 2 rings (SSSR count). The predicted octanol–water partition coefficient (Wildman–Crippen LogP) is 2.61. The third kappa shape index (κ3) is 4.03. The van der Waals surface area contributed by atoms with E-state index in [0.717, 1.165) is 5.75 Å². The lowest BCUT2D eigenvalue weighted by Crippen LogP contribution is -2.14. The third-order valence-electron chi connectivity index (χ3n) is 2.78. The van der Waals surface area contributed by atoms with Crippen molar-refractivity contribution in [2.75, 3.05) is 5.32 Å². The largest absolute Gasteiger partial charge is 0.491 e. The Balaban J connectivity index is 2.09. The number of anilines is 1. The molecular weight excluding hydrogens is 268 g/mol. The highest BCUT2D eigenvalue weighted by Gasteiger charge is 2.10. The summed E-state index contributed by atoms with van der Waals surface area (Å²) in [7, 11) is 0. The molecule has 21 heavy (non-hydrogen) atoms. The molecule has 2 aromatic rings. The number of aliphatic hydroxyl groups is 1. The number of carbonyl (C=O) groups is 1. The molecule has 2 N–H and O–H groups in total. The van der Waals surface area contributed by atoms with Gasteiger partial charge in [-0.05, 0) is 44.2 Å². The highest BCUT2D eigenvalue weighted by molar-refractivity contribution is 6.04. The van der Waals surface area contributed by atoms with Crippen molar-refractivity contribution in [1.29, 1.82) is 0 Å². The maximum atomic E-state index is 12.1. The van der Waals surface area contributed by atoms with Crippen LogP contribution in [-0.4, -0.2) is 22.1 Å². The molecule has 1 amide bonds. The summed E-state index contributed by atoms with van der Waals surface area (Å²) in [4.78, 5) is 16.2. The van der Waals surface area contributed by atoms with Gasteiger partial charge in [0, 0.05) is 17.3 Å². The number of amides is 1. The van der Waals surface area contributed by atoms with E-state index in [1.54, 1.807) is 42.6 Å². The fourth-order valence-electron chi connectivity index (χ4n) is 1.82. The smallest absolute Gasteiger partial charge is 0.256 e. The number of nitrogens with one attached hydrogen (secondary N) is 1. The molecule has 0 saturated carbocycles. The summed E-state index contributed by atoms with van der Waals surface area (Å²) >= 11 is 0. The van der Waals surface area contributed by atoms with Gasteiger partial charge in [0.1, 0.15) is 11.6 Å². The van der Waals surface area contributed by atoms with Crippen LogP contribution in [0.25, 0.3) is 0 Å². The molecule has 0 saturated heterocycles. The molecule has 1 aromatic heterocycles. The lowest BCUT2D eigenvalue weighted by atomic mass is 10.2. The number of hydrogen-bond donors (Lipinski definition) is 2. The summed E-state index contributed by atoms with van der Waals surface area (Å²) in [5.74, 6) is 0.808. The Morgan fingerprint density at radius 1 is 1.29 bits per heavy atom. The second kappa shape index (κ2) is 6.85. The fraction of sp³-hybridized carbons (Fsp3) is 0.250. The first-order valence-corrected chi connectivity index (χ1v) is 6.73. The zero-order valence-electron chi connectivity index (χ0n) is 12.0. The van der Waals surface area contributed by atoms with Crippen LogP contribution in [0.3, 0.4) is 0 Å². The fourth-order valence-corrected chi connectivity index (χ4v) is 1.82. The second-order valence-electron chi connectivity index (χ2n) is 4.81. The van der Waals surface area contributed by atoms with Crippen LogP contribution in [0.5, 0.6) is 5.75 Å². The quantitative estimate of drug-likeness (QED) is 0.886. The first-order valence-electron chi connectivity index (χ1n) is 6.73. The van der Waals surface area contributed by atoms with E-state index in [1.807, 2.05) is 13.8 Å². The average Bonchev–Trinajstić information content (AvgIpc) is 2.48. The summed E-state index contributed by atoms with van der Waals surface area (Å²) < 4.78 is 5.53. The number of carbonyl (C=O) groups excluding carboxylic acids is 1. The van der Waals surface area contributed by atoms with Gasteiger partial charge in [-0.15, -0.1) is 0 Å². The second-order valence-corrected chi connectivity index (χ2v) is 4.81. The first-order chi connectivity index (χ1) is 10.1. The lowest BCUT2D eigenvalue weighted by molar-refractivity contribution is 0.102. The Bertz CT molecular complexity index is 609. The van der Waals surface area contributed by atoms with E-state index in [2.05, 4.69) is 10.3 Å². The van der Waals surface area contributed by atoms with E-state index < -0.39 is 0 Å². The number of pyridine rings is 1. The molecular formula is C16H18N2O3. The van der Waals surface area contributed by atoms with Crippen LogP contribution in [0, 0.1) is 0 Å². The first kappa shape index (κ1) is 15.0.